The second kappa shape index (κ2) is 7.32. The number of pyridine rings is 1. The number of rotatable bonds is 8. The lowest BCUT2D eigenvalue weighted by Crippen LogP contribution is -2.25. The van der Waals surface area contributed by atoms with Gasteiger partial charge in [-0.25, -0.2) is 8.42 Å². The molecule has 0 radical (unpaired) electrons. The first-order valence-corrected chi connectivity index (χ1v) is 9.89. The highest BCUT2D eigenvalue weighted by Crippen LogP contribution is 2.27. The Hall–Kier alpha value is -1.92. The van der Waals surface area contributed by atoms with Crippen molar-refractivity contribution in [3.63, 3.8) is 0 Å². The maximum absolute atomic E-state index is 12.7. The summed E-state index contributed by atoms with van der Waals surface area (Å²) >= 11 is 0. The molecular formula is C18H22N2O3S. The molecule has 0 aliphatic heterocycles. The minimum Gasteiger partial charge on any atom is -0.329 e. The van der Waals surface area contributed by atoms with Gasteiger partial charge < -0.3 is 10.3 Å². The summed E-state index contributed by atoms with van der Waals surface area (Å²) in [4.78, 5) is 14.1. The zero-order chi connectivity index (χ0) is 17.0. The molecule has 5 nitrogen and oxygen atoms in total. The van der Waals surface area contributed by atoms with Crippen LogP contribution < -0.4 is 10.9 Å². The van der Waals surface area contributed by atoms with E-state index in [1.165, 1.54) is 18.9 Å². The van der Waals surface area contributed by atoms with E-state index in [-0.39, 0.29) is 11.3 Å². The van der Waals surface area contributed by atoms with Crippen LogP contribution in [0.3, 0.4) is 0 Å². The number of aromatic amines is 1. The lowest BCUT2D eigenvalue weighted by Gasteiger charge is -2.11. The average Bonchev–Trinajstić information content (AvgIpc) is 3.39. The van der Waals surface area contributed by atoms with Crippen molar-refractivity contribution in [1.29, 1.82) is 0 Å². The fraction of sp³-hybridized carbons (Fsp3) is 0.389. The van der Waals surface area contributed by atoms with Gasteiger partial charge in [-0.2, -0.15) is 0 Å². The molecule has 0 spiro atoms. The van der Waals surface area contributed by atoms with E-state index < -0.39 is 9.84 Å². The molecule has 2 aromatic rings. The number of nitrogens with one attached hydrogen (secondary N) is 2. The van der Waals surface area contributed by atoms with Gasteiger partial charge in [0.25, 0.3) is 0 Å². The van der Waals surface area contributed by atoms with Gasteiger partial charge in [0, 0.05) is 25.2 Å². The second-order valence-corrected chi connectivity index (χ2v) is 8.39. The monoisotopic (exact) mass is 346 g/mol. The third-order valence-electron chi connectivity index (χ3n) is 4.23. The summed E-state index contributed by atoms with van der Waals surface area (Å²) in [5, 5.41) is 3.23. The maximum atomic E-state index is 12.7. The van der Waals surface area contributed by atoms with Crippen molar-refractivity contribution in [2.75, 3.05) is 18.8 Å². The van der Waals surface area contributed by atoms with Gasteiger partial charge in [-0.05, 0) is 42.5 Å². The predicted molar refractivity (Wildman–Crippen MR) is 94.0 cm³/mol. The van der Waals surface area contributed by atoms with Crippen LogP contribution in [0.2, 0.25) is 0 Å². The molecule has 1 aliphatic carbocycles. The Labute approximate surface area is 142 Å². The van der Waals surface area contributed by atoms with Crippen molar-refractivity contribution < 1.29 is 8.42 Å². The molecule has 3 rings (SSSR count). The Kier molecular flexibility index (Phi) is 5.16. The van der Waals surface area contributed by atoms with Crippen molar-refractivity contribution >= 4 is 9.84 Å². The van der Waals surface area contributed by atoms with Gasteiger partial charge in [-0.15, -0.1) is 0 Å². The zero-order valence-electron chi connectivity index (χ0n) is 13.5. The highest BCUT2D eigenvalue weighted by Gasteiger charge is 2.22. The largest absolute Gasteiger partial charge is 0.329 e. The lowest BCUT2D eigenvalue weighted by molar-refractivity contribution is 0.587. The summed E-state index contributed by atoms with van der Waals surface area (Å²) < 4.78 is 25.3. The van der Waals surface area contributed by atoms with Crippen LogP contribution in [0.15, 0.2) is 52.3 Å². The Bertz CT molecular complexity index is 834. The average molecular weight is 346 g/mol. The molecule has 2 N–H and O–H groups in total. The fourth-order valence-corrected chi connectivity index (χ4v) is 4.13. The number of aromatic nitrogens is 1. The van der Waals surface area contributed by atoms with E-state index in [0.29, 0.717) is 17.9 Å². The topological polar surface area (TPSA) is 79.0 Å². The fourth-order valence-electron chi connectivity index (χ4n) is 2.67. The zero-order valence-corrected chi connectivity index (χ0v) is 14.3. The van der Waals surface area contributed by atoms with Crippen LogP contribution in [0, 0.1) is 5.92 Å². The first-order valence-electron chi connectivity index (χ1n) is 8.23. The molecule has 0 saturated heterocycles. The molecule has 0 unspecified atom stereocenters. The van der Waals surface area contributed by atoms with Gasteiger partial charge in [0.05, 0.1) is 10.6 Å². The summed E-state index contributed by atoms with van der Waals surface area (Å²) in [5.74, 6) is 0.836. The number of sulfone groups is 1. The maximum Gasteiger partial charge on any atom is 0.247 e. The summed E-state index contributed by atoms with van der Waals surface area (Å²) in [6.45, 7) is 1.39. The summed E-state index contributed by atoms with van der Waals surface area (Å²) in [6.07, 6.45) is 4.61. The molecule has 0 bridgehead atoms. The quantitative estimate of drug-likeness (QED) is 0.714. The highest BCUT2D eigenvalue weighted by atomic mass is 32.2. The van der Waals surface area contributed by atoms with Crippen molar-refractivity contribution in [3.8, 4) is 0 Å². The van der Waals surface area contributed by atoms with Crippen LogP contribution in [-0.2, 0) is 16.3 Å². The van der Waals surface area contributed by atoms with E-state index in [4.69, 9.17) is 0 Å². The van der Waals surface area contributed by atoms with Gasteiger partial charge >= 0.3 is 0 Å². The van der Waals surface area contributed by atoms with Crippen molar-refractivity contribution in [2.45, 2.75) is 24.2 Å². The summed E-state index contributed by atoms with van der Waals surface area (Å²) in [6, 6.07) is 10.3. The molecular weight excluding hydrogens is 324 g/mol. The first kappa shape index (κ1) is 16.9. The van der Waals surface area contributed by atoms with E-state index in [9.17, 15) is 13.2 Å². The van der Waals surface area contributed by atoms with Gasteiger partial charge in [-0.1, -0.05) is 24.3 Å². The normalized spacial score (nSPS) is 14.7. The van der Waals surface area contributed by atoms with Crippen LogP contribution in [0.5, 0.6) is 0 Å². The predicted octanol–water partition coefficient (Wildman–Crippen LogP) is 1.74. The van der Waals surface area contributed by atoms with Crippen molar-refractivity contribution in [1.82, 2.24) is 10.3 Å². The van der Waals surface area contributed by atoms with Crippen LogP contribution in [0.4, 0.5) is 0 Å². The molecule has 1 aromatic carbocycles. The Morgan fingerprint density at radius 1 is 1.12 bits per heavy atom. The van der Waals surface area contributed by atoms with Crippen LogP contribution >= 0.6 is 0 Å². The number of benzene rings is 1. The summed E-state index contributed by atoms with van der Waals surface area (Å²) in [5.41, 5.74) is 1.47. The third kappa shape index (κ3) is 4.55. The second-order valence-electron chi connectivity index (χ2n) is 6.31. The number of hydrogen-bond donors (Lipinski definition) is 2. The molecule has 0 amide bonds. The molecule has 1 aliphatic rings. The van der Waals surface area contributed by atoms with E-state index >= 15 is 0 Å². The standard InChI is InChI=1S/C18H22N2O3S/c21-18-8-7-15(13-20-18)11-16-3-1-2-4-17(16)24(22,23)10-9-19-12-14-5-6-14/h1-4,7-8,13-14,19H,5-6,9-12H2,(H,20,21). The van der Waals surface area contributed by atoms with E-state index in [1.807, 2.05) is 12.1 Å². The first-order chi connectivity index (χ1) is 11.5. The summed E-state index contributed by atoms with van der Waals surface area (Å²) in [7, 11) is -3.33. The smallest absolute Gasteiger partial charge is 0.247 e. The minimum absolute atomic E-state index is 0.0996. The Morgan fingerprint density at radius 2 is 1.92 bits per heavy atom. The molecule has 1 heterocycles. The van der Waals surface area contributed by atoms with Gasteiger partial charge in [0.15, 0.2) is 9.84 Å². The van der Waals surface area contributed by atoms with Gasteiger partial charge in [0.1, 0.15) is 0 Å². The van der Waals surface area contributed by atoms with E-state index in [1.54, 1.807) is 24.4 Å². The number of H-pyrrole nitrogens is 1. The van der Waals surface area contributed by atoms with Crippen LogP contribution in [0.25, 0.3) is 0 Å². The molecule has 128 valence electrons. The van der Waals surface area contributed by atoms with Gasteiger partial charge in [-0.3, -0.25) is 4.79 Å². The molecule has 6 heteroatoms. The lowest BCUT2D eigenvalue weighted by atomic mass is 10.1. The highest BCUT2D eigenvalue weighted by molar-refractivity contribution is 7.91. The molecule has 1 saturated carbocycles. The Balaban J connectivity index is 1.71. The number of hydrogen-bond acceptors (Lipinski definition) is 4. The van der Waals surface area contributed by atoms with E-state index in [2.05, 4.69) is 10.3 Å². The van der Waals surface area contributed by atoms with Crippen LogP contribution in [0.1, 0.15) is 24.0 Å². The molecule has 0 atom stereocenters. The third-order valence-corrected chi connectivity index (χ3v) is 6.04. The SMILES string of the molecule is O=c1ccc(Cc2ccccc2S(=O)(=O)CCNCC2CC2)c[nH]1. The Morgan fingerprint density at radius 3 is 2.62 bits per heavy atom. The molecule has 1 aromatic heterocycles. The van der Waals surface area contributed by atoms with Crippen molar-refractivity contribution in [2.24, 2.45) is 5.92 Å². The minimum atomic E-state index is -3.33. The van der Waals surface area contributed by atoms with Crippen LogP contribution in [-0.4, -0.2) is 32.2 Å². The van der Waals surface area contributed by atoms with Gasteiger partial charge in [0.2, 0.25) is 5.56 Å². The molecule has 24 heavy (non-hydrogen) atoms. The van der Waals surface area contributed by atoms with Crippen molar-refractivity contribution in [3.05, 3.63) is 64.1 Å². The molecule has 1 fully saturated rings. The van der Waals surface area contributed by atoms with E-state index in [0.717, 1.165) is 23.6 Å².